The fraction of sp³-hybridized carbons (Fsp3) is 0.267. The van der Waals surface area contributed by atoms with E-state index in [-0.39, 0.29) is 6.04 Å². The molecule has 0 aliphatic carbocycles. The van der Waals surface area contributed by atoms with Crippen molar-refractivity contribution < 1.29 is 0 Å². The lowest BCUT2D eigenvalue weighted by Crippen LogP contribution is -2.18. The molecule has 2 nitrogen and oxygen atoms in total. The molecular weight excluding hydrogens is 240 g/mol. The maximum absolute atomic E-state index is 4.36. The number of hydrogen-bond donors (Lipinski definition) is 1. The van der Waals surface area contributed by atoms with Crippen molar-refractivity contribution in [2.24, 2.45) is 0 Å². The van der Waals surface area contributed by atoms with Crippen LogP contribution in [0.3, 0.4) is 0 Å². The Morgan fingerprint density at radius 3 is 2.78 bits per heavy atom. The monoisotopic (exact) mass is 256 g/mol. The van der Waals surface area contributed by atoms with Crippen molar-refractivity contribution in [3.05, 3.63) is 52.0 Å². The average Bonchev–Trinajstić information content (AvgIpc) is 2.82. The number of thiazole rings is 1. The molecule has 1 heterocycles. The minimum atomic E-state index is 0.258. The molecule has 18 heavy (non-hydrogen) atoms. The van der Waals surface area contributed by atoms with E-state index in [1.54, 1.807) is 11.3 Å². The molecule has 0 amide bonds. The highest BCUT2D eigenvalue weighted by Gasteiger charge is 2.06. The number of benzene rings is 1. The molecule has 2 aromatic rings. The van der Waals surface area contributed by atoms with Crippen LogP contribution in [0.5, 0.6) is 0 Å². The van der Waals surface area contributed by atoms with Crippen LogP contribution < -0.4 is 5.32 Å². The average molecular weight is 256 g/mol. The van der Waals surface area contributed by atoms with Crippen LogP contribution in [-0.4, -0.2) is 11.5 Å². The van der Waals surface area contributed by atoms with Crippen molar-refractivity contribution in [1.29, 1.82) is 0 Å². The van der Waals surface area contributed by atoms with Crippen LogP contribution in [0.25, 0.3) is 0 Å². The molecule has 0 aliphatic rings. The predicted molar refractivity (Wildman–Crippen MR) is 76.6 cm³/mol. The first kappa shape index (κ1) is 12.8. The van der Waals surface area contributed by atoms with Crippen molar-refractivity contribution in [2.45, 2.75) is 19.9 Å². The van der Waals surface area contributed by atoms with Gasteiger partial charge in [0.05, 0.1) is 12.6 Å². The summed E-state index contributed by atoms with van der Waals surface area (Å²) in [5.41, 5.74) is 1.05. The first-order chi connectivity index (χ1) is 8.75. The molecule has 0 spiro atoms. The number of aryl methyl sites for hydroxylation is 1. The molecule has 92 valence electrons. The number of nitrogens with zero attached hydrogens (tertiary/aromatic N) is 1. The smallest absolute Gasteiger partial charge is 0.109 e. The second-order valence-electron chi connectivity index (χ2n) is 4.08. The summed E-state index contributed by atoms with van der Waals surface area (Å²) in [6.07, 6.45) is 1.91. The van der Waals surface area contributed by atoms with Gasteiger partial charge in [-0.15, -0.1) is 11.3 Å². The Morgan fingerprint density at radius 2 is 2.11 bits per heavy atom. The SMILES string of the molecule is Cc1cnc(C(C)NCC#Cc2ccccc2)s1. The van der Waals surface area contributed by atoms with E-state index >= 15 is 0 Å². The Morgan fingerprint density at radius 1 is 1.33 bits per heavy atom. The van der Waals surface area contributed by atoms with E-state index in [0.29, 0.717) is 6.54 Å². The van der Waals surface area contributed by atoms with E-state index in [2.05, 4.69) is 36.0 Å². The summed E-state index contributed by atoms with van der Waals surface area (Å²) >= 11 is 1.73. The highest BCUT2D eigenvalue weighted by Crippen LogP contribution is 2.18. The van der Waals surface area contributed by atoms with Crippen molar-refractivity contribution in [3.63, 3.8) is 0 Å². The Hall–Kier alpha value is -1.63. The normalized spacial score (nSPS) is 11.7. The van der Waals surface area contributed by atoms with Crippen LogP contribution in [0, 0.1) is 18.8 Å². The number of rotatable bonds is 3. The molecular formula is C15H16N2S. The second kappa shape index (κ2) is 6.34. The van der Waals surface area contributed by atoms with Gasteiger partial charge in [0.25, 0.3) is 0 Å². The van der Waals surface area contributed by atoms with Gasteiger partial charge in [0, 0.05) is 16.6 Å². The first-order valence-corrected chi connectivity index (χ1v) is 6.77. The quantitative estimate of drug-likeness (QED) is 0.853. The molecule has 0 saturated carbocycles. The number of hydrogen-bond acceptors (Lipinski definition) is 3. The molecule has 2 rings (SSSR count). The maximum atomic E-state index is 4.36. The van der Waals surface area contributed by atoms with Gasteiger partial charge in [0.1, 0.15) is 5.01 Å². The molecule has 0 saturated heterocycles. The van der Waals surface area contributed by atoms with Crippen molar-refractivity contribution in [2.75, 3.05) is 6.54 Å². The molecule has 0 bridgehead atoms. The van der Waals surface area contributed by atoms with Crippen LogP contribution in [0.15, 0.2) is 36.5 Å². The van der Waals surface area contributed by atoms with Crippen molar-refractivity contribution in [3.8, 4) is 11.8 Å². The minimum Gasteiger partial charge on any atom is -0.297 e. The molecule has 0 fully saturated rings. The summed E-state index contributed by atoms with van der Waals surface area (Å²) in [4.78, 5) is 5.60. The summed E-state index contributed by atoms with van der Waals surface area (Å²) in [6.45, 7) is 4.86. The summed E-state index contributed by atoms with van der Waals surface area (Å²) < 4.78 is 0. The first-order valence-electron chi connectivity index (χ1n) is 5.95. The van der Waals surface area contributed by atoms with Crippen LogP contribution in [-0.2, 0) is 0 Å². The van der Waals surface area contributed by atoms with Gasteiger partial charge in [-0.05, 0) is 26.0 Å². The third-order valence-electron chi connectivity index (χ3n) is 2.51. The topological polar surface area (TPSA) is 24.9 Å². The van der Waals surface area contributed by atoms with Gasteiger partial charge < -0.3 is 0 Å². The number of nitrogens with one attached hydrogen (secondary N) is 1. The molecule has 1 aromatic carbocycles. The van der Waals surface area contributed by atoms with Gasteiger partial charge in [-0.25, -0.2) is 4.98 Å². The second-order valence-corrected chi connectivity index (χ2v) is 5.35. The van der Waals surface area contributed by atoms with E-state index < -0.39 is 0 Å². The highest BCUT2D eigenvalue weighted by molar-refractivity contribution is 7.11. The van der Waals surface area contributed by atoms with Gasteiger partial charge in [-0.1, -0.05) is 30.0 Å². The summed E-state index contributed by atoms with van der Waals surface area (Å²) in [5, 5.41) is 4.48. The summed E-state index contributed by atoms with van der Waals surface area (Å²) in [5.74, 6) is 6.25. The molecule has 1 unspecified atom stereocenters. The lowest BCUT2D eigenvalue weighted by atomic mass is 10.2. The summed E-state index contributed by atoms with van der Waals surface area (Å²) in [6, 6.07) is 10.3. The third kappa shape index (κ3) is 3.69. The standard InChI is InChI=1S/C15H16N2S/c1-12-11-17-15(18-12)13(2)16-10-6-9-14-7-4-3-5-8-14/h3-5,7-8,11,13,16H,10H2,1-2H3. The number of aromatic nitrogens is 1. The Labute approximate surface area is 112 Å². The van der Waals surface area contributed by atoms with Gasteiger partial charge >= 0.3 is 0 Å². The zero-order valence-corrected chi connectivity index (χ0v) is 11.4. The maximum Gasteiger partial charge on any atom is 0.109 e. The van der Waals surface area contributed by atoms with Crippen molar-refractivity contribution in [1.82, 2.24) is 10.3 Å². The fourth-order valence-electron chi connectivity index (χ4n) is 1.53. The Kier molecular flexibility index (Phi) is 4.52. The predicted octanol–water partition coefficient (Wildman–Crippen LogP) is 3.15. The third-order valence-corrected chi connectivity index (χ3v) is 3.61. The molecule has 3 heteroatoms. The molecule has 0 radical (unpaired) electrons. The van der Waals surface area contributed by atoms with Gasteiger partial charge in [0.2, 0.25) is 0 Å². The molecule has 1 atom stereocenters. The lowest BCUT2D eigenvalue weighted by molar-refractivity contribution is 0.619. The minimum absolute atomic E-state index is 0.258. The largest absolute Gasteiger partial charge is 0.297 e. The zero-order valence-electron chi connectivity index (χ0n) is 10.6. The van der Waals surface area contributed by atoms with Gasteiger partial charge in [-0.3, -0.25) is 5.32 Å². The zero-order chi connectivity index (χ0) is 12.8. The van der Waals surface area contributed by atoms with Crippen molar-refractivity contribution >= 4 is 11.3 Å². The van der Waals surface area contributed by atoms with Crippen LogP contribution in [0.4, 0.5) is 0 Å². The Balaban J connectivity index is 1.84. The van der Waals surface area contributed by atoms with Gasteiger partial charge in [-0.2, -0.15) is 0 Å². The van der Waals surface area contributed by atoms with E-state index in [1.165, 1.54) is 4.88 Å². The van der Waals surface area contributed by atoms with E-state index in [0.717, 1.165) is 10.6 Å². The molecule has 1 aromatic heterocycles. The van der Waals surface area contributed by atoms with Crippen LogP contribution >= 0.6 is 11.3 Å². The lowest BCUT2D eigenvalue weighted by Gasteiger charge is -2.07. The summed E-state index contributed by atoms with van der Waals surface area (Å²) in [7, 11) is 0. The molecule has 0 aliphatic heterocycles. The van der Waals surface area contributed by atoms with Crippen LogP contribution in [0.2, 0.25) is 0 Å². The van der Waals surface area contributed by atoms with E-state index in [1.807, 2.05) is 36.5 Å². The van der Waals surface area contributed by atoms with Crippen LogP contribution in [0.1, 0.15) is 28.4 Å². The highest BCUT2D eigenvalue weighted by atomic mass is 32.1. The van der Waals surface area contributed by atoms with E-state index in [9.17, 15) is 0 Å². The molecule has 1 N–H and O–H groups in total. The van der Waals surface area contributed by atoms with Gasteiger partial charge in [0.15, 0.2) is 0 Å². The fourth-order valence-corrected chi connectivity index (χ4v) is 2.33. The van der Waals surface area contributed by atoms with E-state index in [4.69, 9.17) is 0 Å². The Bertz CT molecular complexity index is 549.